The number of methoxy groups -OCH3 is 1. The van der Waals surface area contributed by atoms with Crippen molar-refractivity contribution in [3.8, 4) is 5.75 Å². The van der Waals surface area contributed by atoms with E-state index in [9.17, 15) is 19.5 Å². The second kappa shape index (κ2) is 10.3. The molecule has 0 unspecified atom stereocenters. The molecule has 0 spiro atoms. The molecular weight excluding hydrogens is 430 g/mol. The molecule has 1 aliphatic carbocycles. The van der Waals surface area contributed by atoms with E-state index in [1.807, 2.05) is 13.8 Å². The summed E-state index contributed by atoms with van der Waals surface area (Å²) in [5.41, 5.74) is 2.53. The monoisotopic (exact) mass is 459 g/mol. The van der Waals surface area contributed by atoms with Crippen LogP contribution in [-0.4, -0.2) is 48.1 Å². The summed E-state index contributed by atoms with van der Waals surface area (Å²) < 4.78 is 10.4. The van der Waals surface area contributed by atoms with E-state index in [2.05, 4.69) is 5.32 Å². The molecule has 0 fully saturated rings. The number of esters is 2. The first kappa shape index (κ1) is 23.9. The van der Waals surface area contributed by atoms with Gasteiger partial charge in [-0.2, -0.15) is 11.8 Å². The van der Waals surface area contributed by atoms with Crippen LogP contribution in [0.25, 0.3) is 0 Å². The topological polar surface area (TPSA) is 102 Å². The van der Waals surface area contributed by atoms with Gasteiger partial charge in [-0.15, -0.1) is 0 Å². The van der Waals surface area contributed by atoms with Crippen molar-refractivity contribution in [2.45, 2.75) is 33.1 Å². The number of hydrogen-bond donors (Lipinski definition) is 2. The first-order valence-corrected chi connectivity index (χ1v) is 11.8. The van der Waals surface area contributed by atoms with Crippen molar-refractivity contribution in [3.63, 3.8) is 0 Å². The fraction of sp³-hybridized carbons (Fsp3) is 0.458. The zero-order valence-electron chi connectivity index (χ0n) is 18.8. The molecule has 172 valence electrons. The molecule has 7 nitrogen and oxygen atoms in total. The molecule has 0 radical (unpaired) electrons. The number of allylic oxidation sites excluding steroid dienone is 3. The number of rotatable bonds is 7. The molecule has 32 heavy (non-hydrogen) atoms. The van der Waals surface area contributed by atoms with Gasteiger partial charge < -0.3 is 19.9 Å². The maximum Gasteiger partial charge on any atom is 0.336 e. The fourth-order valence-corrected chi connectivity index (χ4v) is 4.89. The molecule has 3 atom stereocenters. The third kappa shape index (κ3) is 4.70. The van der Waals surface area contributed by atoms with Gasteiger partial charge in [-0.05, 0) is 42.7 Å². The highest BCUT2D eigenvalue weighted by Crippen LogP contribution is 2.45. The third-order valence-corrected chi connectivity index (χ3v) is 6.70. The Kier molecular flexibility index (Phi) is 7.66. The molecule has 1 aromatic carbocycles. The lowest BCUT2D eigenvalue weighted by molar-refractivity contribution is -0.151. The maximum absolute atomic E-state index is 13.6. The van der Waals surface area contributed by atoms with E-state index < -0.39 is 23.8 Å². The molecule has 0 saturated heterocycles. The number of phenols is 1. The van der Waals surface area contributed by atoms with Gasteiger partial charge >= 0.3 is 11.9 Å². The number of dihydropyridines is 1. The van der Waals surface area contributed by atoms with E-state index in [1.54, 1.807) is 30.8 Å². The van der Waals surface area contributed by atoms with Gasteiger partial charge in [0.05, 0.1) is 12.7 Å². The highest BCUT2D eigenvalue weighted by atomic mass is 32.2. The molecular formula is C24H29NO6S. The van der Waals surface area contributed by atoms with Crippen molar-refractivity contribution in [1.82, 2.24) is 5.32 Å². The molecule has 2 aliphatic rings. The summed E-state index contributed by atoms with van der Waals surface area (Å²) in [4.78, 5) is 39.1. The maximum atomic E-state index is 13.6. The second-order valence-electron chi connectivity index (χ2n) is 7.96. The number of thioether (sulfide) groups is 1. The van der Waals surface area contributed by atoms with Gasteiger partial charge in [-0.25, -0.2) is 4.79 Å². The Balaban J connectivity index is 2.07. The summed E-state index contributed by atoms with van der Waals surface area (Å²) in [6.45, 7) is 5.90. The van der Waals surface area contributed by atoms with Crippen molar-refractivity contribution in [3.05, 3.63) is 52.4 Å². The van der Waals surface area contributed by atoms with Crippen LogP contribution in [0.3, 0.4) is 0 Å². The quantitative estimate of drug-likeness (QED) is 0.364. The smallest absolute Gasteiger partial charge is 0.336 e. The number of carbonyl (C=O) groups is 3. The zero-order valence-corrected chi connectivity index (χ0v) is 19.6. The Hall–Kier alpha value is -2.74. The Bertz CT molecular complexity index is 982. The Labute approximate surface area is 192 Å². The lowest BCUT2D eigenvalue weighted by atomic mass is 9.69. The predicted molar refractivity (Wildman–Crippen MR) is 122 cm³/mol. The normalized spacial score (nSPS) is 22.9. The number of ketones is 1. The van der Waals surface area contributed by atoms with Crippen LogP contribution < -0.4 is 5.32 Å². The summed E-state index contributed by atoms with van der Waals surface area (Å²) in [7, 11) is 1.26. The SMILES string of the molecule is CCSCCOC(=O)C1=C(C)NC2=C(C(=O)[C@H](C(=O)OC)[C@@H](C)C2)[C@@H]1c1cccc(O)c1. The second-order valence-corrected chi connectivity index (χ2v) is 9.36. The van der Waals surface area contributed by atoms with Gasteiger partial charge in [0.25, 0.3) is 0 Å². The Morgan fingerprint density at radius 3 is 2.72 bits per heavy atom. The van der Waals surface area contributed by atoms with Gasteiger partial charge in [0.2, 0.25) is 0 Å². The number of aromatic hydroxyl groups is 1. The van der Waals surface area contributed by atoms with Crippen molar-refractivity contribution in [2.24, 2.45) is 11.8 Å². The molecule has 1 aromatic rings. The minimum atomic E-state index is -0.947. The average Bonchev–Trinajstić information content (AvgIpc) is 2.75. The van der Waals surface area contributed by atoms with Crippen LogP contribution in [0.15, 0.2) is 46.8 Å². The summed E-state index contributed by atoms with van der Waals surface area (Å²) in [6.07, 6.45) is 0.461. The highest BCUT2D eigenvalue weighted by Gasteiger charge is 2.47. The highest BCUT2D eigenvalue weighted by molar-refractivity contribution is 7.99. The zero-order chi connectivity index (χ0) is 23.4. The van der Waals surface area contributed by atoms with E-state index in [4.69, 9.17) is 9.47 Å². The van der Waals surface area contributed by atoms with E-state index in [1.165, 1.54) is 19.2 Å². The average molecular weight is 460 g/mol. The lowest BCUT2D eigenvalue weighted by Gasteiger charge is -2.38. The molecule has 8 heteroatoms. The molecule has 0 bridgehead atoms. The van der Waals surface area contributed by atoms with Crippen LogP contribution in [0.5, 0.6) is 5.75 Å². The largest absolute Gasteiger partial charge is 0.508 e. The van der Waals surface area contributed by atoms with E-state index in [0.717, 1.165) is 5.75 Å². The summed E-state index contributed by atoms with van der Waals surface area (Å²) in [5, 5.41) is 13.3. The number of carbonyl (C=O) groups excluding carboxylic acids is 3. The minimum Gasteiger partial charge on any atom is -0.508 e. The number of nitrogens with one attached hydrogen (secondary N) is 1. The van der Waals surface area contributed by atoms with E-state index in [0.29, 0.717) is 40.3 Å². The molecule has 0 saturated carbocycles. The van der Waals surface area contributed by atoms with Crippen LogP contribution in [0.1, 0.15) is 38.7 Å². The predicted octanol–water partition coefficient (Wildman–Crippen LogP) is 3.30. The molecule has 1 aliphatic heterocycles. The summed E-state index contributed by atoms with van der Waals surface area (Å²) >= 11 is 1.66. The first-order valence-electron chi connectivity index (χ1n) is 10.7. The van der Waals surface area contributed by atoms with Crippen LogP contribution in [0.2, 0.25) is 0 Å². The van der Waals surface area contributed by atoms with E-state index in [-0.39, 0.29) is 24.1 Å². The number of benzene rings is 1. The number of hydrogen-bond acceptors (Lipinski definition) is 8. The van der Waals surface area contributed by atoms with Crippen LogP contribution in [-0.2, 0) is 23.9 Å². The Morgan fingerprint density at radius 1 is 1.31 bits per heavy atom. The summed E-state index contributed by atoms with van der Waals surface area (Å²) in [5.74, 6) is -1.81. The molecule has 2 N–H and O–H groups in total. The van der Waals surface area contributed by atoms with Crippen molar-refractivity contribution < 1.29 is 29.0 Å². The fourth-order valence-electron chi connectivity index (χ4n) is 4.40. The van der Waals surface area contributed by atoms with Crippen molar-refractivity contribution >= 4 is 29.5 Å². The molecule has 0 aromatic heterocycles. The minimum absolute atomic E-state index is 0.0223. The van der Waals surface area contributed by atoms with Crippen LogP contribution in [0, 0.1) is 11.8 Å². The molecule has 0 amide bonds. The Morgan fingerprint density at radius 2 is 2.06 bits per heavy atom. The number of phenolic OH excluding ortho intramolecular Hbond substituents is 1. The standard InChI is InChI=1S/C24H29NO6S/c1-5-32-10-9-31-24(29)19-14(3)25-17-11-13(2)18(23(28)30-4)22(27)21(17)20(19)15-7-6-8-16(26)12-15/h6-8,12-13,18,20,25-26H,5,9-11H2,1-4H3/t13-,18+,20+/m0/s1. The summed E-state index contributed by atoms with van der Waals surface area (Å²) in [6, 6.07) is 6.48. The van der Waals surface area contributed by atoms with Crippen molar-refractivity contribution in [1.29, 1.82) is 0 Å². The number of ether oxygens (including phenoxy) is 2. The van der Waals surface area contributed by atoms with Crippen LogP contribution >= 0.6 is 11.8 Å². The van der Waals surface area contributed by atoms with Gasteiger partial charge in [0.1, 0.15) is 18.3 Å². The number of Topliss-reactive ketones (excluding diaryl/α,β-unsaturated/α-hetero) is 1. The lowest BCUT2D eigenvalue weighted by Crippen LogP contribution is -2.43. The van der Waals surface area contributed by atoms with Gasteiger partial charge in [-0.3, -0.25) is 9.59 Å². The van der Waals surface area contributed by atoms with Gasteiger partial charge in [-0.1, -0.05) is 26.0 Å². The third-order valence-electron chi connectivity index (χ3n) is 5.83. The van der Waals surface area contributed by atoms with E-state index >= 15 is 0 Å². The first-order chi connectivity index (χ1) is 15.3. The van der Waals surface area contributed by atoms with Gasteiger partial charge in [0, 0.05) is 28.6 Å². The van der Waals surface area contributed by atoms with Crippen LogP contribution in [0.4, 0.5) is 0 Å². The van der Waals surface area contributed by atoms with Gasteiger partial charge in [0.15, 0.2) is 5.78 Å². The molecule has 1 heterocycles. The molecule has 3 rings (SSSR count). The van der Waals surface area contributed by atoms with Crippen molar-refractivity contribution in [2.75, 3.05) is 25.2 Å².